The highest BCUT2D eigenvalue weighted by Crippen LogP contribution is 2.15. The molecule has 0 aliphatic carbocycles. The first-order valence-electron chi connectivity index (χ1n) is 6.75. The van der Waals surface area contributed by atoms with E-state index in [-0.39, 0.29) is 12.4 Å². The van der Waals surface area contributed by atoms with Gasteiger partial charge in [-0.15, -0.1) is 0 Å². The Morgan fingerprint density at radius 3 is 2.14 bits per heavy atom. The fraction of sp³-hybridized carbons (Fsp3) is 0.176. The maximum atomic E-state index is 12.2. The molecule has 108 valence electrons. The molecule has 2 aromatic rings. The first kappa shape index (κ1) is 14.9. The van der Waals surface area contributed by atoms with Crippen LogP contribution in [0.3, 0.4) is 0 Å². The molecule has 0 heterocycles. The van der Waals surface area contributed by atoms with Gasteiger partial charge in [-0.05, 0) is 12.5 Å². The highest BCUT2D eigenvalue weighted by Gasteiger charge is 2.17. The monoisotopic (exact) mass is 283 g/mol. The summed E-state index contributed by atoms with van der Waals surface area (Å²) >= 11 is 0. The molecule has 0 spiro atoms. The van der Waals surface area contributed by atoms with E-state index in [4.69, 9.17) is 10.5 Å². The van der Waals surface area contributed by atoms with E-state index in [2.05, 4.69) is 0 Å². The highest BCUT2D eigenvalue weighted by atomic mass is 16.5. The molecule has 0 fully saturated rings. The van der Waals surface area contributed by atoms with Crippen molar-refractivity contribution in [1.29, 1.82) is 0 Å². The Hall–Kier alpha value is -2.46. The highest BCUT2D eigenvalue weighted by molar-refractivity contribution is 6.08. The van der Waals surface area contributed by atoms with Crippen molar-refractivity contribution in [1.82, 2.24) is 0 Å². The molecule has 1 unspecified atom stereocenters. The molecule has 4 heteroatoms. The smallest absolute Gasteiger partial charge is 0.327 e. The second kappa shape index (κ2) is 6.81. The van der Waals surface area contributed by atoms with E-state index in [1.807, 2.05) is 18.2 Å². The van der Waals surface area contributed by atoms with E-state index in [0.29, 0.717) is 16.7 Å². The van der Waals surface area contributed by atoms with Crippen LogP contribution in [0.25, 0.3) is 0 Å². The number of hydrogen-bond donors (Lipinski definition) is 1. The molecule has 0 radical (unpaired) electrons. The van der Waals surface area contributed by atoms with Gasteiger partial charge in [-0.25, -0.2) is 4.79 Å². The Labute approximate surface area is 123 Å². The van der Waals surface area contributed by atoms with Crippen LogP contribution in [0.5, 0.6) is 0 Å². The Balaban J connectivity index is 2.16. The van der Waals surface area contributed by atoms with E-state index in [9.17, 15) is 9.59 Å². The third kappa shape index (κ3) is 3.55. The Morgan fingerprint density at radius 1 is 1.00 bits per heavy atom. The minimum atomic E-state index is -0.828. The van der Waals surface area contributed by atoms with Gasteiger partial charge < -0.3 is 10.5 Å². The number of benzene rings is 2. The van der Waals surface area contributed by atoms with Gasteiger partial charge in [-0.1, -0.05) is 54.6 Å². The Morgan fingerprint density at radius 2 is 1.57 bits per heavy atom. The van der Waals surface area contributed by atoms with Crippen molar-refractivity contribution in [3.05, 3.63) is 71.3 Å². The maximum Gasteiger partial charge on any atom is 0.327 e. The number of esters is 1. The predicted octanol–water partition coefficient (Wildman–Crippen LogP) is 2.48. The molecule has 0 aromatic heterocycles. The first-order valence-corrected chi connectivity index (χ1v) is 6.75. The largest absolute Gasteiger partial charge is 0.465 e. The SMILES string of the molecule is CCOC(=O)C(N)c1ccc(C(=O)c2ccccc2)cc1. The predicted molar refractivity (Wildman–Crippen MR) is 79.9 cm³/mol. The average molecular weight is 283 g/mol. The van der Waals surface area contributed by atoms with E-state index in [0.717, 1.165) is 0 Å². The van der Waals surface area contributed by atoms with Crippen LogP contribution in [0.4, 0.5) is 0 Å². The van der Waals surface area contributed by atoms with Crippen LogP contribution in [-0.4, -0.2) is 18.4 Å². The zero-order valence-corrected chi connectivity index (χ0v) is 11.8. The van der Waals surface area contributed by atoms with Gasteiger partial charge in [0.2, 0.25) is 0 Å². The lowest BCUT2D eigenvalue weighted by atomic mass is 10.00. The van der Waals surface area contributed by atoms with Crippen molar-refractivity contribution in [3.8, 4) is 0 Å². The van der Waals surface area contributed by atoms with Gasteiger partial charge in [0.25, 0.3) is 0 Å². The number of ether oxygens (including phenoxy) is 1. The van der Waals surface area contributed by atoms with Gasteiger partial charge in [0.05, 0.1) is 6.61 Å². The molecule has 2 N–H and O–H groups in total. The van der Waals surface area contributed by atoms with Crippen LogP contribution in [0, 0.1) is 0 Å². The number of hydrogen-bond acceptors (Lipinski definition) is 4. The molecule has 2 rings (SSSR count). The topological polar surface area (TPSA) is 69.4 Å². The zero-order chi connectivity index (χ0) is 15.2. The second-order valence-corrected chi connectivity index (χ2v) is 4.55. The van der Waals surface area contributed by atoms with Gasteiger partial charge in [-0.3, -0.25) is 4.79 Å². The molecule has 21 heavy (non-hydrogen) atoms. The third-order valence-electron chi connectivity index (χ3n) is 3.11. The molecule has 0 aliphatic heterocycles. The summed E-state index contributed by atoms with van der Waals surface area (Å²) in [6.45, 7) is 2.02. The molecule has 0 saturated heterocycles. The number of carbonyl (C=O) groups is 2. The van der Waals surface area contributed by atoms with Crippen LogP contribution < -0.4 is 5.73 Å². The summed E-state index contributed by atoms with van der Waals surface area (Å²) in [4.78, 5) is 23.8. The first-order chi connectivity index (χ1) is 10.1. The lowest BCUT2D eigenvalue weighted by Crippen LogP contribution is -2.23. The summed E-state index contributed by atoms with van der Waals surface area (Å²) in [5.41, 5.74) is 7.61. The van der Waals surface area contributed by atoms with Crippen molar-refractivity contribution < 1.29 is 14.3 Å². The normalized spacial score (nSPS) is 11.7. The van der Waals surface area contributed by atoms with Crippen LogP contribution in [-0.2, 0) is 9.53 Å². The quantitative estimate of drug-likeness (QED) is 0.676. The molecule has 0 bridgehead atoms. The van der Waals surface area contributed by atoms with Gasteiger partial charge in [-0.2, -0.15) is 0 Å². The van der Waals surface area contributed by atoms with Gasteiger partial charge >= 0.3 is 5.97 Å². The minimum Gasteiger partial charge on any atom is -0.465 e. The summed E-state index contributed by atoms with van der Waals surface area (Å²) in [6.07, 6.45) is 0. The van der Waals surface area contributed by atoms with E-state index in [1.165, 1.54) is 0 Å². The van der Waals surface area contributed by atoms with E-state index in [1.54, 1.807) is 43.3 Å². The summed E-state index contributed by atoms with van der Waals surface area (Å²) < 4.78 is 4.87. The van der Waals surface area contributed by atoms with Crippen LogP contribution in [0.2, 0.25) is 0 Å². The lowest BCUT2D eigenvalue weighted by Gasteiger charge is -2.11. The number of rotatable bonds is 5. The van der Waals surface area contributed by atoms with Crippen molar-refractivity contribution in [2.75, 3.05) is 6.61 Å². The molecule has 0 saturated carbocycles. The molecule has 0 aliphatic rings. The van der Waals surface area contributed by atoms with Crippen molar-refractivity contribution in [2.24, 2.45) is 5.73 Å². The number of ketones is 1. The zero-order valence-electron chi connectivity index (χ0n) is 11.8. The molecule has 0 amide bonds. The minimum absolute atomic E-state index is 0.0631. The van der Waals surface area contributed by atoms with Gasteiger partial charge in [0, 0.05) is 11.1 Å². The lowest BCUT2D eigenvalue weighted by molar-refractivity contribution is -0.144. The fourth-order valence-electron chi connectivity index (χ4n) is 1.97. The Kier molecular flexibility index (Phi) is 4.85. The Bertz CT molecular complexity index is 620. The molecule has 1 atom stereocenters. The van der Waals surface area contributed by atoms with E-state index >= 15 is 0 Å². The van der Waals surface area contributed by atoms with Gasteiger partial charge in [0.15, 0.2) is 5.78 Å². The summed E-state index contributed by atoms with van der Waals surface area (Å²) in [6, 6.07) is 14.9. The summed E-state index contributed by atoms with van der Waals surface area (Å²) in [7, 11) is 0. The molecular formula is C17H17NO3. The third-order valence-corrected chi connectivity index (χ3v) is 3.11. The number of carbonyl (C=O) groups excluding carboxylic acids is 2. The van der Waals surface area contributed by atoms with Crippen molar-refractivity contribution in [3.63, 3.8) is 0 Å². The standard InChI is InChI=1S/C17H17NO3/c1-2-21-17(20)15(18)12-8-10-14(11-9-12)16(19)13-6-4-3-5-7-13/h3-11,15H,2,18H2,1H3. The fourth-order valence-corrected chi connectivity index (χ4v) is 1.97. The molecule has 4 nitrogen and oxygen atoms in total. The second-order valence-electron chi connectivity index (χ2n) is 4.55. The number of nitrogens with two attached hydrogens (primary N) is 1. The molecular weight excluding hydrogens is 266 g/mol. The van der Waals surface area contributed by atoms with Crippen LogP contribution in [0.1, 0.15) is 34.5 Å². The van der Waals surface area contributed by atoms with Crippen LogP contribution >= 0.6 is 0 Å². The summed E-state index contributed by atoms with van der Waals surface area (Å²) in [5, 5.41) is 0. The van der Waals surface area contributed by atoms with Crippen molar-refractivity contribution >= 4 is 11.8 Å². The van der Waals surface area contributed by atoms with Crippen LogP contribution in [0.15, 0.2) is 54.6 Å². The van der Waals surface area contributed by atoms with Gasteiger partial charge in [0.1, 0.15) is 6.04 Å². The average Bonchev–Trinajstić information content (AvgIpc) is 2.54. The summed E-state index contributed by atoms with van der Waals surface area (Å²) in [5.74, 6) is -0.536. The maximum absolute atomic E-state index is 12.2. The van der Waals surface area contributed by atoms with E-state index < -0.39 is 12.0 Å². The van der Waals surface area contributed by atoms with Crippen molar-refractivity contribution in [2.45, 2.75) is 13.0 Å². The molecule has 2 aromatic carbocycles.